The minimum atomic E-state index is -0.165. The highest BCUT2D eigenvalue weighted by atomic mass is 32.2. The molecule has 0 atom stereocenters. The first-order valence-electron chi connectivity index (χ1n) is 9.77. The summed E-state index contributed by atoms with van der Waals surface area (Å²) in [5.74, 6) is 3.20. The third kappa shape index (κ3) is 5.79. The van der Waals surface area contributed by atoms with Crippen LogP contribution in [0.2, 0.25) is 0 Å². The van der Waals surface area contributed by atoms with E-state index in [1.807, 2.05) is 0 Å². The molecule has 1 amide bonds. The van der Waals surface area contributed by atoms with E-state index in [0.717, 1.165) is 24.6 Å². The van der Waals surface area contributed by atoms with Crippen molar-refractivity contribution < 1.29 is 19.0 Å². The number of nitrogens with zero attached hydrogens (tertiary/aromatic N) is 2. The summed E-state index contributed by atoms with van der Waals surface area (Å²) in [4.78, 5) is 16.8. The van der Waals surface area contributed by atoms with E-state index in [-0.39, 0.29) is 11.7 Å². The summed E-state index contributed by atoms with van der Waals surface area (Å²) >= 11 is 1.30. The van der Waals surface area contributed by atoms with Crippen LogP contribution in [-0.2, 0) is 11.2 Å². The second-order valence-corrected chi connectivity index (χ2v) is 7.95. The zero-order valence-corrected chi connectivity index (χ0v) is 17.9. The van der Waals surface area contributed by atoms with Crippen molar-refractivity contribution in [3.63, 3.8) is 0 Å². The minimum Gasteiger partial charge on any atom is -0.493 e. The van der Waals surface area contributed by atoms with Crippen LogP contribution in [0.5, 0.6) is 17.2 Å². The van der Waals surface area contributed by atoms with Crippen molar-refractivity contribution in [1.82, 2.24) is 15.2 Å². The molecule has 0 spiro atoms. The van der Waals surface area contributed by atoms with Crippen molar-refractivity contribution >= 4 is 23.4 Å². The van der Waals surface area contributed by atoms with Crippen molar-refractivity contribution in [3.05, 3.63) is 18.0 Å². The molecule has 8 nitrogen and oxygen atoms in total. The lowest BCUT2D eigenvalue weighted by Crippen LogP contribution is -2.14. The maximum absolute atomic E-state index is 12.3. The zero-order chi connectivity index (χ0) is 20.6. The second kappa shape index (κ2) is 10.4. The Hall–Kier alpha value is -2.42. The first-order valence-corrected chi connectivity index (χ1v) is 10.8. The second-order valence-electron chi connectivity index (χ2n) is 7.00. The van der Waals surface area contributed by atoms with E-state index >= 15 is 0 Å². The molecule has 1 aromatic carbocycles. The third-order valence-electron chi connectivity index (χ3n) is 5.06. The van der Waals surface area contributed by atoms with Crippen molar-refractivity contribution in [1.29, 1.82) is 0 Å². The largest absolute Gasteiger partial charge is 0.493 e. The molecular formula is C20H28N4O4S. The Morgan fingerprint density at radius 2 is 1.86 bits per heavy atom. The van der Waals surface area contributed by atoms with Gasteiger partial charge in [0.15, 0.2) is 11.5 Å². The summed E-state index contributed by atoms with van der Waals surface area (Å²) in [5.41, 5.74) is 0.567. The molecule has 1 saturated carbocycles. The Balaban J connectivity index is 1.51. The number of amides is 1. The molecule has 0 unspecified atom stereocenters. The average Bonchev–Trinajstić information content (AvgIpc) is 3.41. The topological polar surface area (TPSA) is 98.4 Å². The Morgan fingerprint density at radius 3 is 2.48 bits per heavy atom. The number of nitrogens with one attached hydrogen (secondary N) is 2. The van der Waals surface area contributed by atoms with E-state index in [1.54, 1.807) is 12.1 Å². The Kier molecular flexibility index (Phi) is 7.62. The van der Waals surface area contributed by atoms with E-state index in [0.29, 0.717) is 28.1 Å². The van der Waals surface area contributed by atoms with Crippen molar-refractivity contribution in [2.24, 2.45) is 5.92 Å². The van der Waals surface area contributed by atoms with Gasteiger partial charge in [0.2, 0.25) is 16.8 Å². The molecule has 1 heterocycles. The van der Waals surface area contributed by atoms with Crippen LogP contribution in [0.4, 0.5) is 5.69 Å². The maximum Gasteiger partial charge on any atom is 0.234 e. The smallest absolute Gasteiger partial charge is 0.234 e. The summed E-state index contributed by atoms with van der Waals surface area (Å²) in [6, 6.07) is 3.38. The number of methoxy groups -OCH3 is 3. The molecule has 1 fully saturated rings. The Morgan fingerprint density at radius 1 is 1.17 bits per heavy atom. The number of rotatable bonds is 10. The van der Waals surface area contributed by atoms with Crippen molar-refractivity contribution in [3.8, 4) is 17.2 Å². The lowest BCUT2D eigenvalue weighted by molar-refractivity contribution is -0.113. The summed E-state index contributed by atoms with van der Waals surface area (Å²) in [6.45, 7) is 0. The summed E-state index contributed by atoms with van der Waals surface area (Å²) in [5, 5.41) is 10.6. The first-order chi connectivity index (χ1) is 14.1. The van der Waals surface area contributed by atoms with Crippen molar-refractivity contribution in [2.45, 2.75) is 43.7 Å². The molecule has 0 radical (unpaired) electrons. The number of aromatic amines is 1. The number of anilines is 1. The van der Waals surface area contributed by atoms with Crippen LogP contribution in [0.1, 0.15) is 37.9 Å². The van der Waals surface area contributed by atoms with Crippen molar-refractivity contribution in [2.75, 3.05) is 32.4 Å². The highest BCUT2D eigenvalue weighted by Gasteiger charge is 2.17. The van der Waals surface area contributed by atoms with Crippen LogP contribution in [0.3, 0.4) is 0 Å². The zero-order valence-electron chi connectivity index (χ0n) is 17.1. The number of hydrogen-bond acceptors (Lipinski definition) is 7. The van der Waals surface area contributed by atoms with Crippen LogP contribution in [0.15, 0.2) is 17.3 Å². The molecule has 0 bridgehead atoms. The van der Waals surface area contributed by atoms with Gasteiger partial charge in [-0.15, -0.1) is 5.10 Å². The van der Waals surface area contributed by atoms with Crippen LogP contribution in [-0.4, -0.2) is 48.2 Å². The Bertz CT molecular complexity index is 796. The molecule has 9 heteroatoms. The maximum atomic E-state index is 12.3. The normalized spacial score (nSPS) is 14.0. The number of ether oxygens (including phenoxy) is 3. The molecule has 3 rings (SSSR count). The summed E-state index contributed by atoms with van der Waals surface area (Å²) in [6.07, 6.45) is 7.43. The predicted octanol–water partition coefficient (Wildman–Crippen LogP) is 3.68. The molecule has 158 valence electrons. The number of hydrogen-bond donors (Lipinski definition) is 2. The van der Waals surface area contributed by atoms with E-state index in [9.17, 15) is 4.79 Å². The van der Waals surface area contributed by atoms with Gasteiger partial charge < -0.3 is 19.5 Å². The van der Waals surface area contributed by atoms with Gasteiger partial charge >= 0.3 is 0 Å². The van der Waals surface area contributed by atoms with Gasteiger partial charge in [0.1, 0.15) is 5.82 Å². The van der Waals surface area contributed by atoms with Gasteiger partial charge in [-0.05, 0) is 12.3 Å². The fraction of sp³-hybridized carbons (Fsp3) is 0.550. The standard InChI is InChI=1S/C20H28N4O4S/c1-26-15-10-14(11-16(27-2)19(15)28-3)21-18(25)12-29-20-22-17(23-24-20)9-8-13-6-4-5-7-13/h10-11,13H,4-9,12H2,1-3H3,(H,21,25)(H,22,23,24). The summed E-state index contributed by atoms with van der Waals surface area (Å²) in [7, 11) is 4.60. The highest BCUT2D eigenvalue weighted by molar-refractivity contribution is 7.99. The van der Waals surface area contributed by atoms with Crippen LogP contribution < -0.4 is 19.5 Å². The number of H-pyrrole nitrogens is 1. The monoisotopic (exact) mass is 420 g/mol. The number of carbonyl (C=O) groups is 1. The lowest BCUT2D eigenvalue weighted by atomic mass is 10.0. The van der Waals surface area contributed by atoms with E-state index in [4.69, 9.17) is 14.2 Å². The molecule has 2 N–H and O–H groups in total. The van der Waals surface area contributed by atoms with Gasteiger partial charge in [-0.3, -0.25) is 9.89 Å². The van der Waals surface area contributed by atoms with Crippen LogP contribution >= 0.6 is 11.8 Å². The SMILES string of the molecule is COc1cc(NC(=O)CSc2n[nH]c(CCC3CCCC3)n2)cc(OC)c1OC. The molecule has 0 saturated heterocycles. The molecule has 2 aromatic rings. The van der Waals surface area contributed by atoms with Gasteiger partial charge in [-0.2, -0.15) is 0 Å². The number of thioether (sulfide) groups is 1. The van der Waals surface area contributed by atoms with Gasteiger partial charge in [0, 0.05) is 24.2 Å². The van der Waals surface area contributed by atoms with E-state index < -0.39 is 0 Å². The molecular weight excluding hydrogens is 392 g/mol. The number of aryl methyl sites for hydroxylation is 1. The Labute approximate surface area is 175 Å². The van der Waals surface area contributed by atoms with Gasteiger partial charge in [0.25, 0.3) is 0 Å². The first kappa shape index (κ1) is 21.3. The van der Waals surface area contributed by atoms with E-state index in [1.165, 1.54) is 58.8 Å². The molecule has 1 aliphatic carbocycles. The third-order valence-corrected chi connectivity index (χ3v) is 5.90. The van der Waals surface area contributed by atoms with Gasteiger partial charge in [0.05, 0.1) is 27.1 Å². The van der Waals surface area contributed by atoms with E-state index in [2.05, 4.69) is 20.5 Å². The van der Waals surface area contributed by atoms with Gasteiger partial charge in [-0.1, -0.05) is 37.4 Å². The summed E-state index contributed by atoms with van der Waals surface area (Å²) < 4.78 is 15.9. The lowest BCUT2D eigenvalue weighted by Gasteiger charge is -2.14. The average molecular weight is 421 g/mol. The number of aromatic nitrogens is 3. The molecule has 29 heavy (non-hydrogen) atoms. The molecule has 1 aromatic heterocycles. The fourth-order valence-electron chi connectivity index (χ4n) is 3.57. The highest BCUT2D eigenvalue weighted by Crippen LogP contribution is 2.40. The number of carbonyl (C=O) groups excluding carboxylic acids is 1. The van der Waals surface area contributed by atoms with Gasteiger partial charge in [-0.25, -0.2) is 4.98 Å². The number of benzene rings is 1. The molecule has 0 aliphatic heterocycles. The fourth-order valence-corrected chi connectivity index (χ4v) is 4.19. The van der Waals surface area contributed by atoms with Crippen LogP contribution in [0.25, 0.3) is 0 Å². The minimum absolute atomic E-state index is 0.165. The quantitative estimate of drug-likeness (QED) is 0.566. The predicted molar refractivity (Wildman–Crippen MR) is 112 cm³/mol. The molecule has 1 aliphatic rings. The van der Waals surface area contributed by atoms with Crippen LogP contribution in [0, 0.1) is 5.92 Å².